The molecule has 0 saturated carbocycles. The van der Waals surface area contributed by atoms with Gasteiger partial charge in [0.25, 0.3) is 0 Å². The molecular formula is C16H24N2O2. The fourth-order valence-electron chi connectivity index (χ4n) is 2.43. The van der Waals surface area contributed by atoms with Crippen molar-refractivity contribution < 1.29 is 9.53 Å². The molecule has 1 aliphatic heterocycles. The molecule has 1 N–H and O–H groups in total. The third kappa shape index (κ3) is 3.73. The number of morpholine rings is 1. The Morgan fingerprint density at radius 1 is 1.20 bits per heavy atom. The van der Waals surface area contributed by atoms with Gasteiger partial charge in [-0.1, -0.05) is 13.8 Å². The largest absolute Gasteiger partial charge is 0.372 e. The van der Waals surface area contributed by atoms with Crippen LogP contribution in [0, 0.1) is 5.92 Å². The first-order chi connectivity index (χ1) is 9.45. The van der Waals surface area contributed by atoms with Crippen LogP contribution in [0.5, 0.6) is 0 Å². The van der Waals surface area contributed by atoms with Crippen molar-refractivity contribution in [1.29, 1.82) is 0 Å². The molecule has 1 aromatic rings. The Morgan fingerprint density at radius 3 is 2.25 bits per heavy atom. The molecule has 0 aromatic heterocycles. The van der Waals surface area contributed by atoms with Crippen molar-refractivity contribution in [2.45, 2.75) is 39.9 Å². The molecular weight excluding hydrogens is 252 g/mol. The number of carbonyl (C=O) groups excluding carboxylic acids is 1. The van der Waals surface area contributed by atoms with Crippen molar-refractivity contribution in [2.24, 2.45) is 5.92 Å². The van der Waals surface area contributed by atoms with E-state index in [2.05, 4.69) is 36.2 Å². The van der Waals surface area contributed by atoms with Gasteiger partial charge >= 0.3 is 0 Å². The van der Waals surface area contributed by atoms with Gasteiger partial charge in [0, 0.05) is 30.4 Å². The Labute approximate surface area is 121 Å². The molecule has 0 spiro atoms. The van der Waals surface area contributed by atoms with Crippen LogP contribution < -0.4 is 10.2 Å². The Kier molecular flexibility index (Phi) is 4.65. The van der Waals surface area contributed by atoms with Crippen molar-refractivity contribution >= 4 is 17.3 Å². The zero-order valence-corrected chi connectivity index (χ0v) is 12.7. The van der Waals surface area contributed by atoms with Gasteiger partial charge in [-0.2, -0.15) is 0 Å². The van der Waals surface area contributed by atoms with Gasteiger partial charge in [0.15, 0.2) is 0 Å². The Hall–Kier alpha value is -1.55. The van der Waals surface area contributed by atoms with Gasteiger partial charge in [-0.15, -0.1) is 0 Å². The Morgan fingerprint density at radius 2 is 1.75 bits per heavy atom. The van der Waals surface area contributed by atoms with E-state index in [0.717, 1.165) is 18.8 Å². The van der Waals surface area contributed by atoms with Crippen LogP contribution in [0.3, 0.4) is 0 Å². The molecule has 0 bridgehead atoms. The third-order valence-corrected chi connectivity index (χ3v) is 3.44. The fraction of sp³-hybridized carbons (Fsp3) is 0.562. The molecule has 2 unspecified atom stereocenters. The number of nitrogens with zero attached hydrogens (tertiary/aromatic N) is 1. The molecule has 4 nitrogen and oxygen atoms in total. The standard InChI is InChI=1S/C16H24N2O2/c1-11(2)16(19)17-14-5-7-15(8-6-14)18-9-12(3)20-13(4)10-18/h5-8,11-13H,9-10H2,1-4H3,(H,17,19). The highest BCUT2D eigenvalue weighted by Crippen LogP contribution is 2.22. The lowest BCUT2D eigenvalue weighted by atomic mass is 10.1. The molecule has 4 heteroatoms. The summed E-state index contributed by atoms with van der Waals surface area (Å²) in [5.74, 6) is 0.0435. The van der Waals surface area contributed by atoms with Crippen molar-refractivity contribution in [3.8, 4) is 0 Å². The highest BCUT2D eigenvalue weighted by Gasteiger charge is 2.22. The number of hydrogen-bond donors (Lipinski definition) is 1. The van der Waals surface area contributed by atoms with Gasteiger partial charge in [-0.3, -0.25) is 4.79 Å². The van der Waals surface area contributed by atoms with E-state index in [1.54, 1.807) is 0 Å². The van der Waals surface area contributed by atoms with Gasteiger partial charge in [0.05, 0.1) is 12.2 Å². The van der Waals surface area contributed by atoms with Crippen LogP contribution in [0.25, 0.3) is 0 Å². The quantitative estimate of drug-likeness (QED) is 0.923. The van der Waals surface area contributed by atoms with Crippen LogP contribution in [-0.4, -0.2) is 31.2 Å². The fourth-order valence-corrected chi connectivity index (χ4v) is 2.43. The molecule has 1 aromatic carbocycles. The monoisotopic (exact) mass is 276 g/mol. The minimum Gasteiger partial charge on any atom is -0.372 e. The minimum atomic E-state index is -0.00406. The van der Waals surface area contributed by atoms with Gasteiger partial charge < -0.3 is 15.0 Å². The molecule has 1 amide bonds. The van der Waals surface area contributed by atoms with Crippen molar-refractivity contribution in [3.05, 3.63) is 24.3 Å². The van der Waals surface area contributed by atoms with E-state index < -0.39 is 0 Å². The molecule has 2 rings (SSSR count). The average molecular weight is 276 g/mol. The van der Waals surface area contributed by atoms with Crippen molar-refractivity contribution in [1.82, 2.24) is 0 Å². The second-order valence-electron chi connectivity index (χ2n) is 5.85. The average Bonchev–Trinajstić information content (AvgIpc) is 2.38. The second kappa shape index (κ2) is 6.27. The van der Waals surface area contributed by atoms with Gasteiger partial charge in [0.2, 0.25) is 5.91 Å². The second-order valence-corrected chi connectivity index (χ2v) is 5.85. The normalized spacial score (nSPS) is 22.9. The smallest absolute Gasteiger partial charge is 0.226 e. The van der Waals surface area contributed by atoms with E-state index in [-0.39, 0.29) is 24.0 Å². The third-order valence-electron chi connectivity index (χ3n) is 3.44. The van der Waals surface area contributed by atoms with Crippen molar-refractivity contribution in [2.75, 3.05) is 23.3 Å². The summed E-state index contributed by atoms with van der Waals surface area (Å²) < 4.78 is 5.74. The van der Waals surface area contributed by atoms with Crippen LogP contribution in [0.2, 0.25) is 0 Å². The summed E-state index contributed by atoms with van der Waals surface area (Å²) >= 11 is 0. The molecule has 1 aliphatic rings. The summed E-state index contributed by atoms with van der Waals surface area (Å²) in [7, 11) is 0. The van der Waals surface area contributed by atoms with Crippen LogP contribution in [0.4, 0.5) is 11.4 Å². The first kappa shape index (κ1) is 14.9. The predicted molar refractivity (Wildman–Crippen MR) is 82.1 cm³/mol. The molecule has 110 valence electrons. The SMILES string of the molecule is CC1CN(c2ccc(NC(=O)C(C)C)cc2)CC(C)O1. The number of rotatable bonds is 3. The van der Waals surface area contributed by atoms with Gasteiger partial charge in [-0.25, -0.2) is 0 Å². The van der Waals surface area contributed by atoms with E-state index in [1.165, 1.54) is 5.69 Å². The molecule has 0 aliphatic carbocycles. The van der Waals surface area contributed by atoms with Crippen LogP contribution in [-0.2, 0) is 9.53 Å². The minimum absolute atomic E-state index is 0.00406. The number of ether oxygens (including phenoxy) is 1. The van der Waals surface area contributed by atoms with E-state index in [1.807, 2.05) is 26.0 Å². The highest BCUT2D eigenvalue weighted by molar-refractivity contribution is 5.92. The highest BCUT2D eigenvalue weighted by atomic mass is 16.5. The lowest BCUT2D eigenvalue weighted by Crippen LogP contribution is -2.45. The first-order valence-corrected chi connectivity index (χ1v) is 7.27. The first-order valence-electron chi connectivity index (χ1n) is 7.27. The lowest BCUT2D eigenvalue weighted by molar-refractivity contribution is -0.118. The van der Waals surface area contributed by atoms with Crippen molar-refractivity contribution in [3.63, 3.8) is 0 Å². The van der Waals surface area contributed by atoms with Crippen LogP contribution in [0.1, 0.15) is 27.7 Å². The maximum atomic E-state index is 11.6. The Balaban J connectivity index is 2.02. The molecule has 0 radical (unpaired) electrons. The summed E-state index contributed by atoms with van der Waals surface area (Å²) in [4.78, 5) is 14.0. The maximum absolute atomic E-state index is 11.6. The number of anilines is 2. The summed E-state index contributed by atoms with van der Waals surface area (Å²) in [5.41, 5.74) is 2.02. The summed E-state index contributed by atoms with van der Waals surface area (Å²) in [6.07, 6.45) is 0.498. The number of benzene rings is 1. The number of nitrogens with one attached hydrogen (secondary N) is 1. The zero-order chi connectivity index (χ0) is 14.7. The number of carbonyl (C=O) groups is 1. The van der Waals surface area contributed by atoms with E-state index >= 15 is 0 Å². The maximum Gasteiger partial charge on any atom is 0.226 e. The van der Waals surface area contributed by atoms with Gasteiger partial charge in [-0.05, 0) is 38.1 Å². The summed E-state index contributed by atoms with van der Waals surface area (Å²) in [5, 5.41) is 2.91. The molecule has 1 saturated heterocycles. The van der Waals surface area contributed by atoms with E-state index in [9.17, 15) is 4.79 Å². The summed E-state index contributed by atoms with van der Waals surface area (Å²) in [6, 6.07) is 8.03. The van der Waals surface area contributed by atoms with Crippen LogP contribution in [0.15, 0.2) is 24.3 Å². The number of amides is 1. The van der Waals surface area contributed by atoms with Gasteiger partial charge in [0.1, 0.15) is 0 Å². The zero-order valence-electron chi connectivity index (χ0n) is 12.7. The number of hydrogen-bond acceptors (Lipinski definition) is 3. The Bertz CT molecular complexity index is 446. The molecule has 1 heterocycles. The lowest BCUT2D eigenvalue weighted by Gasteiger charge is -2.36. The predicted octanol–water partition coefficient (Wildman–Crippen LogP) is 2.89. The molecule has 2 atom stereocenters. The van der Waals surface area contributed by atoms with E-state index in [4.69, 9.17) is 4.74 Å². The topological polar surface area (TPSA) is 41.6 Å². The van der Waals surface area contributed by atoms with E-state index in [0.29, 0.717) is 0 Å². The molecule has 1 fully saturated rings. The molecule has 20 heavy (non-hydrogen) atoms. The summed E-state index contributed by atoms with van der Waals surface area (Å²) in [6.45, 7) is 9.78. The van der Waals surface area contributed by atoms with Crippen LogP contribution >= 0.6 is 0 Å².